The smallest absolute Gasteiger partial charge is 0.212 e. The van der Waals surface area contributed by atoms with Crippen LogP contribution < -0.4 is 4.72 Å². The second-order valence-corrected chi connectivity index (χ2v) is 6.80. The fourth-order valence-corrected chi connectivity index (χ4v) is 4.62. The van der Waals surface area contributed by atoms with Crippen LogP contribution in [-0.4, -0.2) is 25.0 Å². The van der Waals surface area contributed by atoms with Gasteiger partial charge in [-0.05, 0) is 19.3 Å². The first-order chi connectivity index (χ1) is 7.04. The van der Waals surface area contributed by atoms with Crippen molar-refractivity contribution >= 4 is 26.0 Å². The number of sulfonamides is 1. The van der Waals surface area contributed by atoms with Gasteiger partial charge in [0.15, 0.2) is 0 Å². The van der Waals surface area contributed by atoms with Crippen molar-refractivity contribution in [2.75, 3.05) is 11.1 Å². The zero-order valence-electron chi connectivity index (χ0n) is 9.26. The molecule has 1 aliphatic carbocycles. The van der Waals surface area contributed by atoms with Crippen molar-refractivity contribution in [3.8, 4) is 0 Å². The molecule has 0 amide bonds. The first kappa shape index (κ1) is 13.5. The van der Waals surface area contributed by atoms with Gasteiger partial charge in [0.1, 0.15) is 0 Å². The van der Waals surface area contributed by atoms with E-state index in [2.05, 4.69) is 20.7 Å². The highest BCUT2D eigenvalue weighted by Crippen LogP contribution is 2.31. The molecule has 0 bridgehead atoms. The van der Waals surface area contributed by atoms with Crippen molar-refractivity contribution in [2.45, 2.75) is 51.0 Å². The molecule has 0 radical (unpaired) electrons. The zero-order valence-corrected chi connectivity index (χ0v) is 11.7. The summed E-state index contributed by atoms with van der Waals surface area (Å²) in [6.07, 6.45) is 5.84. The van der Waals surface area contributed by atoms with Crippen LogP contribution in [0.25, 0.3) is 0 Å². The predicted molar refractivity (Wildman–Crippen MR) is 66.8 cm³/mol. The molecule has 0 unspecified atom stereocenters. The minimum Gasteiger partial charge on any atom is -0.212 e. The molecule has 0 heterocycles. The molecule has 0 aromatic heterocycles. The second kappa shape index (κ2) is 5.64. The van der Waals surface area contributed by atoms with E-state index in [1.165, 1.54) is 0 Å². The van der Waals surface area contributed by atoms with E-state index in [-0.39, 0.29) is 11.3 Å². The van der Waals surface area contributed by atoms with Crippen LogP contribution >= 0.6 is 15.9 Å². The lowest BCUT2D eigenvalue weighted by Crippen LogP contribution is -2.48. The van der Waals surface area contributed by atoms with E-state index in [9.17, 15) is 8.42 Å². The van der Waals surface area contributed by atoms with Gasteiger partial charge in [-0.15, -0.1) is 0 Å². The summed E-state index contributed by atoms with van der Waals surface area (Å²) in [7, 11) is -3.08. The molecule has 3 nitrogen and oxygen atoms in total. The normalized spacial score (nSPS) is 20.7. The lowest BCUT2D eigenvalue weighted by atomic mass is 10.0. The van der Waals surface area contributed by atoms with E-state index in [4.69, 9.17) is 0 Å². The van der Waals surface area contributed by atoms with Gasteiger partial charge in [0, 0.05) is 10.9 Å². The first-order valence-corrected chi connectivity index (χ1v) is 8.38. The average Bonchev–Trinajstić information content (AvgIpc) is 2.63. The van der Waals surface area contributed by atoms with Crippen LogP contribution in [0, 0.1) is 0 Å². The van der Waals surface area contributed by atoms with Crippen molar-refractivity contribution in [2.24, 2.45) is 0 Å². The van der Waals surface area contributed by atoms with Crippen molar-refractivity contribution in [3.63, 3.8) is 0 Å². The van der Waals surface area contributed by atoms with Crippen LogP contribution in [0.2, 0.25) is 0 Å². The number of rotatable bonds is 6. The van der Waals surface area contributed by atoms with Crippen molar-refractivity contribution in [1.82, 2.24) is 4.72 Å². The highest BCUT2D eigenvalue weighted by atomic mass is 79.9. The van der Waals surface area contributed by atoms with E-state index in [1.807, 2.05) is 6.92 Å². The summed E-state index contributed by atoms with van der Waals surface area (Å²) in [5.41, 5.74) is -0.202. The van der Waals surface area contributed by atoms with E-state index in [0.29, 0.717) is 0 Å². The molecule has 0 atom stereocenters. The number of hydrogen-bond donors (Lipinski definition) is 1. The van der Waals surface area contributed by atoms with Gasteiger partial charge >= 0.3 is 0 Å². The number of halogens is 1. The summed E-state index contributed by atoms with van der Waals surface area (Å²) >= 11 is 3.43. The maximum absolute atomic E-state index is 11.8. The molecule has 0 spiro atoms. The Morgan fingerprint density at radius 2 is 1.93 bits per heavy atom. The molecule has 0 aliphatic heterocycles. The van der Waals surface area contributed by atoms with Gasteiger partial charge in [0.25, 0.3) is 0 Å². The van der Waals surface area contributed by atoms with E-state index in [1.54, 1.807) is 0 Å². The van der Waals surface area contributed by atoms with Crippen LogP contribution in [0.1, 0.15) is 45.4 Å². The number of unbranched alkanes of at least 4 members (excludes halogenated alkanes) is 1. The van der Waals surface area contributed by atoms with Gasteiger partial charge in [0.05, 0.1) is 5.75 Å². The third-order valence-electron chi connectivity index (χ3n) is 2.96. The van der Waals surface area contributed by atoms with Gasteiger partial charge < -0.3 is 0 Å². The van der Waals surface area contributed by atoms with Crippen LogP contribution in [0.15, 0.2) is 0 Å². The van der Waals surface area contributed by atoms with Gasteiger partial charge in [-0.1, -0.05) is 42.1 Å². The second-order valence-electron chi connectivity index (χ2n) is 4.40. The van der Waals surface area contributed by atoms with Crippen molar-refractivity contribution < 1.29 is 8.42 Å². The van der Waals surface area contributed by atoms with Gasteiger partial charge in [-0.25, -0.2) is 13.1 Å². The maximum atomic E-state index is 11.8. The molecule has 1 N–H and O–H groups in total. The van der Waals surface area contributed by atoms with E-state index >= 15 is 0 Å². The first-order valence-electron chi connectivity index (χ1n) is 5.61. The van der Waals surface area contributed by atoms with E-state index in [0.717, 1.165) is 43.9 Å². The van der Waals surface area contributed by atoms with Crippen LogP contribution in [-0.2, 0) is 10.0 Å². The molecule has 90 valence electrons. The Hall–Kier alpha value is 0.390. The molecular weight excluding hydrogens is 278 g/mol. The van der Waals surface area contributed by atoms with Crippen LogP contribution in [0.4, 0.5) is 0 Å². The fraction of sp³-hybridized carbons (Fsp3) is 1.00. The highest BCUT2D eigenvalue weighted by Gasteiger charge is 2.36. The van der Waals surface area contributed by atoms with Gasteiger partial charge in [-0.2, -0.15) is 0 Å². The molecule has 15 heavy (non-hydrogen) atoms. The summed E-state index contributed by atoms with van der Waals surface area (Å²) < 4.78 is 26.4. The topological polar surface area (TPSA) is 46.2 Å². The molecule has 1 saturated carbocycles. The lowest BCUT2D eigenvalue weighted by Gasteiger charge is -2.27. The molecule has 1 rings (SSSR count). The Balaban J connectivity index is 2.58. The third kappa shape index (κ3) is 4.04. The molecule has 1 aliphatic rings. The third-order valence-corrected chi connectivity index (χ3v) is 5.60. The Bertz CT molecular complexity index is 284. The van der Waals surface area contributed by atoms with Crippen molar-refractivity contribution in [1.29, 1.82) is 0 Å². The Labute approximate surface area is 101 Å². The number of nitrogens with one attached hydrogen (secondary N) is 1. The number of hydrogen-bond acceptors (Lipinski definition) is 2. The highest BCUT2D eigenvalue weighted by molar-refractivity contribution is 9.09. The minimum absolute atomic E-state index is 0.202. The fourth-order valence-electron chi connectivity index (χ4n) is 2.03. The summed E-state index contributed by atoms with van der Waals surface area (Å²) in [4.78, 5) is 0. The Morgan fingerprint density at radius 1 is 1.33 bits per heavy atom. The number of alkyl halides is 1. The summed E-state index contributed by atoms with van der Waals surface area (Å²) in [6, 6.07) is 0. The minimum atomic E-state index is -3.08. The maximum Gasteiger partial charge on any atom is 0.212 e. The molecule has 1 fully saturated rings. The van der Waals surface area contributed by atoms with Crippen molar-refractivity contribution in [3.05, 3.63) is 0 Å². The molecule has 0 aromatic rings. The average molecular weight is 298 g/mol. The van der Waals surface area contributed by atoms with Crippen LogP contribution in [0.3, 0.4) is 0 Å². The van der Waals surface area contributed by atoms with Gasteiger partial charge in [-0.3, -0.25) is 0 Å². The standard InChI is InChI=1S/C10H20BrNO2S/c1-2-3-8-15(13,14)12-10(9-11)6-4-5-7-10/h12H,2-9H2,1H3. The van der Waals surface area contributed by atoms with Crippen LogP contribution in [0.5, 0.6) is 0 Å². The SMILES string of the molecule is CCCCS(=O)(=O)NC1(CBr)CCCC1. The summed E-state index contributed by atoms with van der Waals surface area (Å²) in [5.74, 6) is 0.262. The predicted octanol–water partition coefficient (Wildman–Crippen LogP) is 2.41. The Morgan fingerprint density at radius 3 is 2.40 bits per heavy atom. The lowest BCUT2D eigenvalue weighted by molar-refractivity contribution is 0.437. The molecular formula is C10H20BrNO2S. The monoisotopic (exact) mass is 297 g/mol. The summed E-state index contributed by atoms with van der Waals surface area (Å²) in [6.45, 7) is 2.01. The molecule has 0 saturated heterocycles. The summed E-state index contributed by atoms with van der Waals surface area (Å²) in [5, 5.41) is 0.728. The molecule has 0 aromatic carbocycles. The van der Waals surface area contributed by atoms with Gasteiger partial charge in [0.2, 0.25) is 10.0 Å². The zero-order chi connectivity index (χ0) is 11.4. The molecule has 5 heteroatoms. The largest absolute Gasteiger partial charge is 0.212 e. The quantitative estimate of drug-likeness (QED) is 0.765. The Kier molecular flexibility index (Phi) is 5.06. The van der Waals surface area contributed by atoms with E-state index < -0.39 is 10.0 Å².